The van der Waals surface area contributed by atoms with Crippen molar-refractivity contribution in [2.45, 2.75) is 31.3 Å². The van der Waals surface area contributed by atoms with E-state index in [4.69, 9.17) is 4.74 Å². The summed E-state index contributed by atoms with van der Waals surface area (Å²) in [6.45, 7) is 5.56. The summed E-state index contributed by atoms with van der Waals surface area (Å²) in [5, 5.41) is 10.1. The molecule has 0 saturated carbocycles. The second-order valence-corrected chi connectivity index (χ2v) is 7.74. The molecule has 0 bridgehead atoms. The fraction of sp³-hybridized carbons (Fsp3) is 0.571. The highest BCUT2D eigenvalue weighted by Crippen LogP contribution is 2.25. The zero-order valence-corrected chi connectivity index (χ0v) is 14.5. The van der Waals surface area contributed by atoms with Crippen molar-refractivity contribution in [1.29, 1.82) is 0 Å². The number of hydrogen-bond donors (Lipinski definition) is 2. The lowest BCUT2D eigenvalue weighted by Crippen LogP contribution is -2.42. The van der Waals surface area contributed by atoms with Crippen LogP contribution in [0, 0.1) is 6.92 Å². The molecule has 0 heterocycles. The van der Waals surface area contributed by atoms with Crippen molar-refractivity contribution in [1.82, 2.24) is 4.72 Å². The van der Waals surface area contributed by atoms with Crippen LogP contribution in [0.4, 0.5) is 0 Å². The van der Waals surface area contributed by atoms with Crippen LogP contribution >= 0.6 is 11.8 Å². The molecule has 0 aliphatic carbocycles. The summed E-state index contributed by atoms with van der Waals surface area (Å²) in [6, 6.07) is 5.01. The van der Waals surface area contributed by atoms with Gasteiger partial charge in [-0.25, -0.2) is 13.1 Å². The number of aliphatic hydroxyl groups is 1. The zero-order valence-electron chi connectivity index (χ0n) is 12.8. The Labute approximate surface area is 131 Å². The Morgan fingerprint density at radius 2 is 2.10 bits per heavy atom. The number of rotatable bonds is 8. The van der Waals surface area contributed by atoms with E-state index in [1.54, 1.807) is 32.0 Å². The van der Waals surface area contributed by atoms with E-state index in [1.807, 2.05) is 13.2 Å². The molecule has 1 unspecified atom stereocenters. The first-order chi connectivity index (χ1) is 9.72. The Morgan fingerprint density at radius 3 is 2.67 bits per heavy atom. The average Bonchev–Trinajstić information content (AvgIpc) is 2.39. The van der Waals surface area contributed by atoms with Gasteiger partial charge in [-0.05, 0) is 44.7 Å². The maximum absolute atomic E-state index is 12.4. The minimum atomic E-state index is -3.73. The minimum Gasteiger partial charge on any atom is -0.492 e. The summed E-state index contributed by atoms with van der Waals surface area (Å²) < 4.78 is 32.7. The highest BCUT2D eigenvalue weighted by atomic mass is 32.2. The summed E-state index contributed by atoms with van der Waals surface area (Å²) in [4.78, 5) is 0.101. The topological polar surface area (TPSA) is 75.6 Å². The molecule has 0 fully saturated rings. The molecule has 0 aromatic heterocycles. The second-order valence-electron chi connectivity index (χ2n) is 5.14. The van der Waals surface area contributed by atoms with Crippen molar-refractivity contribution >= 4 is 21.8 Å². The zero-order chi connectivity index (χ0) is 16.1. The van der Waals surface area contributed by atoms with Crippen molar-refractivity contribution in [2.75, 3.05) is 25.2 Å². The van der Waals surface area contributed by atoms with Gasteiger partial charge in [0.15, 0.2) is 0 Å². The Kier molecular flexibility index (Phi) is 6.52. The van der Waals surface area contributed by atoms with Gasteiger partial charge in [0.1, 0.15) is 10.6 Å². The van der Waals surface area contributed by atoms with Crippen LogP contribution < -0.4 is 9.46 Å². The molecule has 7 heteroatoms. The van der Waals surface area contributed by atoms with Crippen molar-refractivity contribution in [3.05, 3.63) is 23.8 Å². The van der Waals surface area contributed by atoms with Crippen molar-refractivity contribution in [2.24, 2.45) is 0 Å². The van der Waals surface area contributed by atoms with Crippen LogP contribution in [-0.2, 0) is 10.0 Å². The van der Waals surface area contributed by atoms with Crippen LogP contribution in [0.15, 0.2) is 23.1 Å². The first kappa shape index (κ1) is 18.3. The smallest absolute Gasteiger partial charge is 0.244 e. The molecule has 1 aromatic carbocycles. The molecule has 0 amide bonds. The highest BCUT2D eigenvalue weighted by molar-refractivity contribution is 7.98. The van der Waals surface area contributed by atoms with Crippen LogP contribution in [0.3, 0.4) is 0 Å². The number of nitrogens with one attached hydrogen (secondary N) is 1. The summed E-state index contributed by atoms with van der Waals surface area (Å²) >= 11 is 1.46. The molecule has 21 heavy (non-hydrogen) atoms. The van der Waals surface area contributed by atoms with Gasteiger partial charge >= 0.3 is 0 Å². The fourth-order valence-electron chi connectivity index (χ4n) is 1.79. The number of hydrogen-bond acceptors (Lipinski definition) is 5. The van der Waals surface area contributed by atoms with E-state index in [1.165, 1.54) is 11.8 Å². The van der Waals surface area contributed by atoms with Gasteiger partial charge in [0.05, 0.1) is 12.2 Å². The van der Waals surface area contributed by atoms with Gasteiger partial charge in [-0.2, -0.15) is 11.8 Å². The lowest BCUT2D eigenvalue weighted by molar-refractivity contribution is 0.0908. The molecular weight excluding hydrogens is 310 g/mol. The standard InChI is InChI=1S/C14H23NO4S2/c1-5-19-12-7-6-11(2)8-13(12)21(17,18)15-9-14(3,16)10-20-4/h6-8,15-16H,5,9-10H2,1-4H3. The summed E-state index contributed by atoms with van der Waals surface area (Å²) in [6.07, 6.45) is 1.86. The lowest BCUT2D eigenvalue weighted by atomic mass is 10.1. The molecular formula is C14H23NO4S2. The van der Waals surface area contributed by atoms with Gasteiger partial charge < -0.3 is 9.84 Å². The lowest BCUT2D eigenvalue weighted by Gasteiger charge is -2.23. The fourth-order valence-corrected chi connectivity index (χ4v) is 3.90. The second kappa shape index (κ2) is 7.49. The van der Waals surface area contributed by atoms with Gasteiger partial charge in [-0.1, -0.05) is 6.07 Å². The first-order valence-corrected chi connectivity index (χ1v) is 9.54. The molecule has 5 nitrogen and oxygen atoms in total. The van der Waals surface area contributed by atoms with Crippen molar-refractivity contribution in [3.63, 3.8) is 0 Å². The Bertz CT molecular complexity index is 570. The van der Waals surface area contributed by atoms with Gasteiger partial charge in [-0.3, -0.25) is 0 Å². The third-order valence-electron chi connectivity index (χ3n) is 2.79. The number of ether oxygens (including phenoxy) is 1. The average molecular weight is 333 g/mol. The van der Waals surface area contributed by atoms with Gasteiger partial charge in [0, 0.05) is 12.3 Å². The largest absolute Gasteiger partial charge is 0.492 e. The SMILES string of the molecule is CCOc1ccc(C)cc1S(=O)(=O)NCC(C)(O)CSC. The molecule has 1 rings (SSSR count). The third-order valence-corrected chi connectivity index (χ3v) is 5.12. The Balaban J connectivity index is 3.00. The highest BCUT2D eigenvalue weighted by Gasteiger charge is 2.25. The number of aryl methyl sites for hydroxylation is 1. The molecule has 1 aromatic rings. The van der Waals surface area contributed by atoms with Crippen molar-refractivity contribution < 1.29 is 18.3 Å². The maximum Gasteiger partial charge on any atom is 0.244 e. The summed E-state index contributed by atoms with van der Waals surface area (Å²) in [7, 11) is -3.73. The predicted molar refractivity (Wildman–Crippen MR) is 86.5 cm³/mol. The van der Waals surface area contributed by atoms with E-state index in [0.29, 0.717) is 18.1 Å². The quantitative estimate of drug-likeness (QED) is 0.758. The Hall–Kier alpha value is -0.760. The van der Waals surface area contributed by atoms with E-state index in [-0.39, 0.29) is 11.4 Å². The first-order valence-electron chi connectivity index (χ1n) is 6.66. The van der Waals surface area contributed by atoms with E-state index in [2.05, 4.69) is 4.72 Å². The summed E-state index contributed by atoms with van der Waals surface area (Å²) in [5.41, 5.74) is -0.267. The van der Waals surface area contributed by atoms with Gasteiger partial charge in [-0.15, -0.1) is 0 Å². The van der Waals surface area contributed by atoms with Gasteiger partial charge in [0.2, 0.25) is 10.0 Å². The molecule has 0 aliphatic rings. The van der Waals surface area contributed by atoms with E-state index in [0.717, 1.165) is 5.56 Å². The number of thioether (sulfide) groups is 1. The predicted octanol–water partition coefficient (Wildman–Crippen LogP) is 1.79. The monoisotopic (exact) mass is 333 g/mol. The third kappa shape index (κ3) is 5.50. The van der Waals surface area contributed by atoms with E-state index >= 15 is 0 Å². The van der Waals surface area contributed by atoms with E-state index in [9.17, 15) is 13.5 Å². The van der Waals surface area contributed by atoms with E-state index < -0.39 is 15.6 Å². The molecule has 0 aliphatic heterocycles. The maximum atomic E-state index is 12.4. The van der Waals surface area contributed by atoms with Crippen LogP contribution in [0.5, 0.6) is 5.75 Å². The molecule has 2 N–H and O–H groups in total. The molecule has 120 valence electrons. The number of sulfonamides is 1. The van der Waals surface area contributed by atoms with Crippen LogP contribution in [0.2, 0.25) is 0 Å². The van der Waals surface area contributed by atoms with Crippen molar-refractivity contribution in [3.8, 4) is 5.75 Å². The summed E-state index contributed by atoms with van der Waals surface area (Å²) in [5.74, 6) is 0.766. The minimum absolute atomic E-state index is 0.0460. The number of benzene rings is 1. The Morgan fingerprint density at radius 1 is 1.43 bits per heavy atom. The normalized spacial score (nSPS) is 14.7. The molecule has 0 spiro atoms. The van der Waals surface area contributed by atoms with Crippen LogP contribution in [0.25, 0.3) is 0 Å². The molecule has 0 radical (unpaired) electrons. The molecule has 1 atom stereocenters. The molecule has 0 saturated heterocycles. The van der Waals surface area contributed by atoms with Gasteiger partial charge in [0.25, 0.3) is 0 Å². The van der Waals surface area contributed by atoms with Crippen LogP contribution in [0.1, 0.15) is 19.4 Å². The van der Waals surface area contributed by atoms with Crippen LogP contribution in [-0.4, -0.2) is 44.3 Å².